The van der Waals surface area contributed by atoms with Crippen LogP contribution in [0.2, 0.25) is 0 Å². The maximum Gasteiger partial charge on any atom is 0.405 e. The van der Waals surface area contributed by atoms with Crippen molar-refractivity contribution >= 4 is 6.09 Å². The third-order valence-corrected chi connectivity index (χ3v) is 6.05. The molecule has 0 bridgehead atoms. The topological polar surface area (TPSA) is 104 Å². The minimum absolute atomic E-state index is 0.228. The van der Waals surface area contributed by atoms with Gasteiger partial charge in [-0.25, -0.2) is 4.79 Å². The van der Waals surface area contributed by atoms with E-state index in [1.807, 2.05) is 0 Å². The van der Waals surface area contributed by atoms with Crippen molar-refractivity contribution in [1.29, 1.82) is 0 Å². The van der Waals surface area contributed by atoms with Gasteiger partial charge in [-0.1, -0.05) is 33.1 Å². The molecule has 1 saturated carbocycles. The predicted molar refractivity (Wildman–Crippen MR) is 104 cm³/mol. The summed E-state index contributed by atoms with van der Waals surface area (Å²) >= 11 is 0. The molecular formula is C20H41N3O2. The van der Waals surface area contributed by atoms with Gasteiger partial charge >= 0.3 is 6.09 Å². The van der Waals surface area contributed by atoms with Gasteiger partial charge < -0.3 is 21.9 Å². The van der Waals surface area contributed by atoms with Gasteiger partial charge in [-0.2, -0.15) is 0 Å². The molecule has 0 aromatic rings. The molecule has 1 amide bonds. The van der Waals surface area contributed by atoms with E-state index in [9.17, 15) is 4.79 Å². The van der Waals surface area contributed by atoms with Crippen LogP contribution in [-0.2, 0) is 4.74 Å². The van der Waals surface area contributed by atoms with E-state index in [0.29, 0.717) is 5.92 Å². The number of nitrogens with two attached hydrogens (primary N) is 3. The van der Waals surface area contributed by atoms with E-state index >= 15 is 0 Å². The summed E-state index contributed by atoms with van der Waals surface area (Å²) in [4.78, 5) is 11.7. The highest BCUT2D eigenvalue weighted by Gasteiger charge is 2.41. The van der Waals surface area contributed by atoms with Gasteiger partial charge in [-0.05, 0) is 70.1 Å². The number of hydrogen-bond donors (Lipinski definition) is 3. The van der Waals surface area contributed by atoms with E-state index < -0.39 is 11.7 Å². The Morgan fingerprint density at radius 1 is 1.00 bits per heavy atom. The lowest BCUT2D eigenvalue weighted by Crippen LogP contribution is -2.45. The lowest BCUT2D eigenvalue weighted by molar-refractivity contribution is -0.0587. The fourth-order valence-electron chi connectivity index (χ4n) is 4.28. The van der Waals surface area contributed by atoms with Gasteiger partial charge in [0.15, 0.2) is 0 Å². The molecule has 2 unspecified atom stereocenters. The van der Waals surface area contributed by atoms with Crippen LogP contribution < -0.4 is 17.2 Å². The molecule has 0 aromatic carbocycles. The van der Waals surface area contributed by atoms with Gasteiger partial charge in [-0.15, -0.1) is 0 Å². The summed E-state index contributed by atoms with van der Waals surface area (Å²) in [5, 5.41) is 0. The van der Waals surface area contributed by atoms with Crippen molar-refractivity contribution in [3.05, 3.63) is 0 Å². The first-order valence-corrected chi connectivity index (χ1v) is 10.4. The van der Waals surface area contributed by atoms with Crippen molar-refractivity contribution in [2.45, 2.75) is 115 Å². The molecule has 6 N–H and O–H groups in total. The minimum Gasteiger partial charge on any atom is -0.443 e. The van der Waals surface area contributed by atoms with Crippen molar-refractivity contribution in [1.82, 2.24) is 0 Å². The summed E-state index contributed by atoms with van der Waals surface area (Å²) in [7, 11) is 0. The number of carbonyl (C=O) groups excluding carboxylic acids is 1. The van der Waals surface area contributed by atoms with Crippen molar-refractivity contribution in [2.75, 3.05) is 0 Å². The monoisotopic (exact) mass is 355 g/mol. The van der Waals surface area contributed by atoms with Crippen LogP contribution in [-0.4, -0.2) is 23.8 Å². The molecule has 0 aliphatic heterocycles. The molecule has 0 heterocycles. The Labute approximate surface area is 154 Å². The van der Waals surface area contributed by atoms with Crippen molar-refractivity contribution in [3.63, 3.8) is 0 Å². The third-order valence-electron chi connectivity index (χ3n) is 6.05. The lowest BCUT2D eigenvalue weighted by atomic mass is 9.71. The molecule has 0 saturated heterocycles. The molecule has 2 atom stereocenters. The average Bonchev–Trinajstić information content (AvgIpc) is 2.61. The Kier molecular flexibility index (Phi) is 10.4. The SMILES string of the molecule is CCC(N)CCCC(CCCC(N)CC)(OC(N)=O)C1CCCCC1. The predicted octanol–water partition coefficient (Wildman–Crippen LogP) is 4.22. The van der Waals surface area contributed by atoms with Gasteiger partial charge in [0, 0.05) is 12.1 Å². The zero-order valence-electron chi connectivity index (χ0n) is 16.5. The van der Waals surface area contributed by atoms with Gasteiger partial charge in [0.25, 0.3) is 0 Å². The number of hydrogen-bond acceptors (Lipinski definition) is 4. The average molecular weight is 356 g/mol. The summed E-state index contributed by atoms with van der Waals surface area (Å²) < 4.78 is 5.87. The van der Waals surface area contributed by atoms with Crippen LogP contribution >= 0.6 is 0 Å². The first-order valence-electron chi connectivity index (χ1n) is 10.4. The molecule has 1 fully saturated rings. The van der Waals surface area contributed by atoms with Crippen molar-refractivity contribution < 1.29 is 9.53 Å². The molecule has 148 valence electrons. The highest BCUT2D eigenvalue weighted by Crippen LogP contribution is 2.42. The molecule has 5 nitrogen and oxygen atoms in total. The van der Waals surface area contributed by atoms with Crippen LogP contribution in [0.4, 0.5) is 4.79 Å². The van der Waals surface area contributed by atoms with Crippen LogP contribution in [0, 0.1) is 5.92 Å². The van der Waals surface area contributed by atoms with E-state index in [2.05, 4.69) is 13.8 Å². The van der Waals surface area contributed by atoms with E-state index in [1.165, 1.54) is 19.3 Å². The standard InChI is InChI=1S/C20H41N3O2/c1-3-17(21)12-8-14-20(25-19(23)24,15-9-13-18(22)4-2)16-10-6-5-7-11-16/h16-18H,3-15,21-22H2,1-2H3,(H2,23,24). The second-order valence-corrected chi connectivity index (χ2v) is 7.94. The summed E-state index contributed by atoms with van der Waals surface area (Å²) in [6, 6.07) is 0.456. The summed E-state index contributed by atoms with van der Waals surface area (Å²) in [5.74, 6) is 0.421. The Balaban J connectivity index is 2.81. The second-order valence-electron chi connectivity index (χ2n) is 7.94. The molecule has 0 radical (unpaired) electrons. The molecule has 1 aliphatic carbocycles. The van der Waals surface area contributed by atoms with Crippen molar-refractivity contribution in [2.24, 2.45) is 23.1 Å². The Hall–Kier alpha value is -0.810. The van der Waals surface area contributed by atoms with Crippen molar-refractivity contribution in [3.8, 4) is 0 Å². The van der Waals surface area contributed by atoms with Crippen LogP contribution in [0.25, 0.3) is 0 Å². The van der Waals surface area contributed by atoms with E-state index in [4.69, 9.17) is 21.9 Å². The highest BCUT2D eigenvalue weighted by molar-refractivity contribution is 5.65. The largest absolute Gasteiger partial charge is 0.443 e. The molecule has 1 rings (SSSR count). The van der Waals surface area contributed by atoms with Crippen LogP contribution in [0.1, 0.15) is 97.3 Å². The second kappa shape index (κ2) is 11.7. The fourth-order valence-corrected chi connectivity index (χ4v) is 4.28. The van der Waals surface area contributed by atoms with Crippen LogP contribution in [0.5, 0.6) is 0 Å². The Morgan fingerprint density at radius 2 is 1.48 bits per heavy atom. The first-order chi connectivity index (χ1) is 11.9. The molecule has 0 spiro atoms. The zero-order valence-corrected chi connectivity index (χ0v) is 16.5. The Morgan fingerprint density at radius 3 is 1.88 bits per heavy atom. The summed E-state index contributed by atoms with van der Waals surface area (Å²) in [5.41, 5.74) is 17.2. The molecule has 1 aliphatic rings. The smallest absolute Gasteiger partial charge is 0.405 e. The summed E-state index contributed by atoms with van der Waals surface area (Å²) in [6.45, 7) is 4.23. The number of primary amides is 1. The van der Waals surface area contributed by atoms with Gasteiger partial charge in [-0.3, -0.25) is 0 Å². The number of rotatable bonds is 12. The van der Waals surface area contributed by atoms with Gasteiger partial charge in [0.2, 0.25) is 0 Å². The van der Waals surface area contributed by atoms with E-state index in [1.54, 1.807) is 0 Å². The quantitative estimate of drug-likeness (QED) is 0.487. The number of amides is 1. The van der Waals surface area contributed by atoms with Crippen LogP contribution in [0.3, 0.4) is 0 Å². The normalized spacial score (nSPS) is 20.6. The highest BCUT2D eigenvalue weighted by atomic mass is 16.6. The van der Waals surface area contributed by atoms with E-state index in [0.717, 1.165) is 64.2 Å². The third kappa shape index (κ3) is 7.95. The molecular weight excluding hydrogens is 314 g/mol. The molecule has 5 heteroatoms. The fraction of sp³-hybridized carbons (Fsp3) is 0.950. The molecule has 0 aromatic heterocycles. The maximum atomic E-state index is 11.7. The first kappa shape index (κ1) is 22.2. The Bertz CT molecular complexity index is 354. The summed E-state index contributed by atoms with van der Waals surface area (Å²) in [6.07, 6.45) is 13.0. The zero-order chi connectivity index (χ0) is 18.7. The van der Waals surface area contributed by atoms with Gasteiger partial charge in [0.05, 0.1) is 0 Å². The lowest BCUT2D eigenvalue weighted by Gasteiger charge is -2.42. The van der Waals surface area contributed by atoms with Crippen LogP contribution in [0.15, 0.2) is 0 Å². The number of ether oxygens (including phenoxy) is 1. The van der Waals surface area contributed by atoms with E-state index in [-0.39, 0.29) is 12.1 Å². The minimum atomic E-state index is -0.634. The van der Waals surface area contributed by atoms with Gasteiger partial charge in [0.1, 0.15) is 5.60 Å². The number of carbonyl (C=O) groups is 1. The maximum absolute atomic E-state index is 11.7. The molecule has 25 heavy (non-hydrogen) atoms.